The number of carbonyl (C=O) groups is 1. The molecule has 0 radical (unpaired) electrons. The zero-order chi connectivity index (χ0) is 16.3. The monoisotopic (exact) mass is 383 g/mol. The molecule has 0 aliphatic rings. The van der Waals surface area contributed by atoms with Gasteiger partial charge in [0, 0.05) is 5.56 Å². The molecule has 2 aromatic carbocycles. The minimum Gasteiger partial charge on any atom is -0.496 e. The molecular weight excluding hydrogens is 370 g/mol. The molecule has 116 valence electrons. The summed E-state index contributed by atoms with van der Waals surface area (Å²) in [5.74, 6) is 0.317. The molecule has 22 heavy (non-hydrogen) atoms. The summed E-state index contributed by atoms with van der Waals surface area (Å²) in [6.45, 7) is 1.39. The fourth-order valence-corrected chi connectivity index (χ4v) is 3.69. The Bertz CT molecular complexity index is 818. The number of benzene rings is 2. The van der Waals surface area contributed by atoms with Gasteiger partial charge in [0.2, 0.25) is 0 Å². The van der Waals surface area contributed by atoms with Gasteiger partial charge in [-0.1, -0.05) is 12.1 Å². The second kappa shape index (κ2) is 6.50. The summed E-state index contributed by atoms with van der Waals surface area (Å²) in [5.41, 5.74) is 0.570. The lowest BCUT2D eigenvalue weighted by Crippen LogP contribution is -2.15. The number of para-hydroxylation sites is 1. The van der Waals surface area contributed by atoms with E-state index in [1.807, 2.05) is 0 Å². The fourth-order valence-electron chi connectivity index (χ4n) is 1.90. The second-order valence-electron chi connectivity index (χ2n) is 4.50. The van der Waals surface area contributed by atoms with E-state index in [0.29, 0.717) is 15.8 Å². The van der Waals surface area contributed by atoms with Crippen molar-refractivity contribution in [1.82, 2.24) is 0 Å². The number of carbonyl (C=O) groups excluding carboxylic acids is 1. The minimum atomic E-state index is -3.80. The molecule has 0 aromatic heterocycles. The molecule has 0 heterocycles. The van der Waals surface area contributed by atoms with Crippen LogP contribution in [-0.2, 0) is 10.0 Å². The van der Waals surface area contributed by atoms with Gasteiger partial charge in [0.1, 0.15) is 5.75 Å². The summed E-state index contributed by atoms with van der Waals surface area (Å²) >= 11 is 3.25. The SMILES string of the molecule is COc1ccc(S(=O)(=O)Nc2ccccc2C(C)=O)cc1Br. The second-order valence-corrected chi connectivity index (χ2v) is 7.04. The number of sulfonamides is 1. The molecule has 2 rings (SSSR count). The first-order valence-corrected chi connectivity index (χ1v) is 8.59. The van der Waals surface area contributed by atoms with Gasteiger partial charge in [0.05, 0.1) is 22.2 Å². The van der Waals surface area contributed by atoms with E-state index in [1.54, 1.807) is 30.3 Å². The largest absolute Gasteiger partial charge is 0.496 e. The number of ketones is 1. The van der Waals surface area contributed by atoms with E-state index in [9.17, 15) is 13.2 Å². The Balaban J connectivity index is 2.40. The fraction of sp³-hybridized carbons (Fsp3) is 0.133. The van der Waals surface area contributed by atoms with Crippen molar-refractivity contribution in [3.05, 3.63) is 52.5 Å². The van der Waals surface area contributed by atoms with Crippen LogP contribution in [0.15, 0.2) is 51.8 Å². The number of nitrogens with one attached hydrogen (secondary N) is 1. The Morgan fingerprint density at radius 3 is 2.45 bits per heavy atom. The molecule has 0 atom stereocenters. The lowest BCUT2D eigenvalue weighted by Gasteiger charge is -2.12. The van der Waals surface area contributed by atoms with E-state index >= 15 is 0 Å². The van der Waals surface area contributed by atoms with Crippen molar-refractivity contribution in [2.24, 2.45) is 0 Å². The van der Waals surface area contributed by atoms with Crippen LogP contribution in [0.25, 0.3) is 0 Å². The predicted molar refractivity (Wildman–Crippen MR) is 87.9 cm³/mol. The first-order chi connectivity index (χ1) is 10.3. The van der Waals surface area contributed by atoms with E-state index in [0.717, 1.165) is 0 Å². The van der Waals surface area contributed by atoms with Crippen LogP contribution in [0.1, 0.15) is 17.3 Å². The highest BCUT2D eigenvalue weighted by Gasteiger charge is 2.18. The van der Waals surface area contributed by atoms with Crippen molar-refractivity contribution in [2.75, 3.05) is 11.8 Å². The van der Waals surface area contributed by atoms with Gasteiger partial charge in [-0.15, -0.1) is 0 Å². The molecule has 5 nitrogen and oxygen atoms in total. The van der Waals surface area contributed by atoms with Gasteiger partial charge in [0.25, 0.3) is 10.0 Å². The number of Topliss-reactive ketones (excluding diaryl/α,β-unsaturated/α-hetero) is 1. The maximum absolute atomic E-state index is 12.4. The summed E-state index contributed by atoms with van der Waals surface area (Å²) in [7, 11) is -2.31. The topological polar surface area (TPSA) is 72.5 Å². The quantitative estimate of drug-likeness (QED) is 0.802. The Hall–Kier alpha value is -1.86. The average molecular weight is 384 g/mol. The van der Waals surface area contributed by atoms with Crippen LogP contribution in [0.5, 0.6) is 5.75 Å². The standard InChI is InChI=1S/C15H14BrNO4S/c1-10(18)12-5-3-4-6-14(12)17-22(19,20)11-7-8-15(21-2)13(16)9-11/h3-9,17H,1-2H3. The van der Waals surface area contributed by atoms with Gasteiger partial charge >= 0.3 is 0 Å². The van der Waals surface area contributed by atoms with Crippen LogP contribution in [0.4, 0.5) is 5.69 Å². The molecule has 0 unspecified atom stereocenters. The number of rotatable bonds is 5. The molecule has 1 N–H and O–H groups in total. The Morgan fingerprint density at radius 1 is 1.18 bits per heavy atom. The summed E-state index contributed by atoms with van der Waals surface area (Å²) in [6.07, 6.45) is 0. The molecule has 0 bridgehead atoms. The Morgan fingerprint density at radius 2 is 1.86 bits per heavy atom. The highest BCUT2D eigenvalue weighted by Crippen LogP contribution is 2.28. The van der Waals surface area contributed by atoms with Gasteiger partial charge in [-0.05, 0) is 53.2 Å². The molecule has 0 amide bonds. The smallest absolute Gasteiger partial charge is 0.261 e. The number of methoxy groups -OCH3 is 1. The third-order valence-corrected chi connectivity index (χ3v) is 4.97. The summed E-state index contributed by atoms with van der Waals surface area (Å²) in [4.78, 5) is 11.6. The van der Waals surface area contributed by atoms with Crippen molar-refractivity contribution >= 4 is 37.4 Å². The predicted octanol–water partition coefficient (Wildman–Crippen LogP) is 3.46. The van der Waals surface area contributed by atoms with E-state index in [4.69, 9.17) is 4.74 Å². The van der Waals surface area contributed by atoms with E-state index in [1.165, 1.54) is 26.2 Å². The molecular formula is C15H14BrNO4S. The van der Waals surface area contributed by atoms with Crippen LogP contribution in [0.2, 0.25) is 0 Å². The highest BCUT2D eigenvalue weighted by molar-refractivity contribution is 9.10. The molecule has 0 spiro atoms. The van der Waals surface area contributed by atoms with Crippen molar-refractivity contribution in [3.8, 4) is 5.75 Å². The molecule has 0 aliphatic heterocycles. The lowest BCUT2D eigenvalue weighted by molar-refractivity contribution is 0.101. The van der Waals surface area contributed by atoms with Crippen molar-refractivity contribution in [3.63, 3.8) is 0 Å². The van der Waals surface area contributed by atoms with Gasteiger partial charge in [-0.3, -0.25) is 9.52 Å². The van der Waals surface area contributed by atoms with Crippen LogP contribution in [0.3, 0.4) is 0 Å². The highest BCUT2D eigenvalue weighted by atomic mass is 79.9. The van der Waals surface area contributed by atoms with Gasteiger partial charge in [0.15, 0.2) is 5.78 Å². The van der Waals surface area contributed by atoms with Gasteiger partial charge in [-0.2, -0.15) is 0 Å². The summed E-state index contributed by atoms with van der Waals surface area (Å²) in [6, 6.07) is 10.9. The van der Waals surface area contributed by atoms with Crippen LogP contribution in [0, 0.1) is 0 Å². The Labute approximate surface area is 137 Å². The van der Waals surface area contributed by atoms with Crippen LogP contribution >= 0.6 is 15.9 Å². The number of ether oxygens (including phenoxy) is 1. The molecule has 2 aromatic rings. The van der Waals surface area contributed by atoms with Crippen molar-refractivity contribution in [2.45, 2.75) is 11.8 Å². The first kappa shape index (κ1) is 16.5. The molecule has 7 heteroatoms. The zero-order valence-corrected chi connectivity index (χ0v) is 14.4. The van der Waals surface area contributed by atoms with Gasteiger partial charge in [-0.25, -0.2) is 8.42 Å². The van der Waals surface area contributed by atoms with E-state index in [2.05, 4.69) is 20.7 Å². The minimum absolute atomic E-state index is 0.0681. The average Bonchev–Trinajstić information content (AvgIpc) is 2.47. The number of anilines is 1. The van der Waals surface area contributed by atoms with Crippen molar-refractivity contribution < 1.29 is 17.9 Å². The number of halogens is 1. The lowest BCUT2D eigenvalue weighted by atomic mass is 10.1. The molecule has 0 fully saturated rings. The maximum Gasteiger partial charge on any atom is 0.261 e. The summed E-state index contributed by atoms with van der Waals surface area (Å²) < 4.78 is 32.9. The van der Waals surface area contributed by atoms with E-state index < -0.39 is 10.0 Å². The summed E-state index contributed by atoms with van der Waals surface area (Å²) in [5, 5.41) is 0. The van der Waals surface area contributed by atoms with Crippen LogP contribution < -0.4 is 9.46 Å². The first-order valence-electron chi connectivity index (χ1n) is 6.31. The maximum atomic E-state index is 12.4. The van der Waals surface area contributed by atoms with E-state index in [-0.39, 0.29) is 16.4 Å². The molecule has 0 saturated heterocycles. The third-order valence-electron chi connectivity index (χ3n) is 2.98. The normalized spacial score (nSPS) is 11.0. The van der Waals surface area contributed by atoms with Gasteiger partial charge < -0.3 is 4.74 Å². The third kappa shape index (κ3) is 3.48. The van der Waals surface area contributed by atoms with Crippen molar-refractivity contribution in [1.29, 1.82) is 0 Å². The number of hydrogen-bond donors (Lipinski definition) is 1. The molecule has 0 aliphatic carbocycles. The molecule has 0 saturated carbocycles. The zero-order valence-electron chi connectivity index (χ0n) is 12.0. The van der Waals surface area contributed by atoms with Crippen LogP contribution in [-0.4, -0.2) is 21.3 Å². The number of hydrogen-bond acceptors (Lipinski definition) is 4. The Kier molecular flexibility index (Phi) is 4.87.